The number of carbonyl (C=O) groups is 1. The Morgan fingerprint density at radius 1 is 0.863 bits per heavy atom. The van der Waals surface area contributed by atoms with Gasteiger partial charge < -0.3 is 19.4 Å². The van der Waals surface area contributed by atoms with Crippen molar-refractivity contribution in [2.75, 3.05) is 25.1 Å². The van der Waals surface area contributed by atoms with Crippen LogP contribution in [0.3, 0.4) is 0 Å². The number of benzene rings is 2. The lowest BCUT2D eigenvalue weighted by molar-refractivity contribution is 0.0356. The van der Waals surface area contributed by atoms with Gasteiger partial charge in [-0.3, -0.25) is 0 Å². The number of imidazole rings is 1. The van der Waals surface area contributed by atoms with E-state index >= 15 is 0 Å². The average Bonchev–Trinajstić information content (AvgIpc) is 3.42. The summed E-state index contributed by atoms with van der Waals surface area (Å²) < 4.78 is 14.3. The second-order valence-electron chi connectivity index (χ2n) is 15.0. The molecule has 0 spiro atoms. The van der Waals surface area contributed by atoms with Gasteiger partial charge in [0.25, 0.3) is 0 Å². The molecule has 3 rings (SSSR count). The molecule has 0 bridgehead atoms. The summed E-state index contributed by atoms with van der Waals surface area (Å²) in [6.45, 7) is 21.8. The number of hydrogen-bond acceptors (Lipinski definition) is 5. The highest BCUT2D eigenvalue weighted by Gasteiger charge is 2.39. The minimum absolute atomic E-state index is 0.128. The number of carbonyl (C=O) groups excluding carboxylic acids is 1. The maximum absolute atomic E-state index is 13.4. The van der Waals surface area contributed by atoms with E-state index in [0.29, 0.717) is 56.9 Å². The van der Waals surface area contributed by atoms with E-state index in [4.69, 9.17) is 37.7 Å². The van der Waals surface area contributed by atoms with E-state index in [1.807, 2.05) is 54.0 Å². The number of aromatic nitrogens is 2. The molecule has 3 aromatic rings. The van der Waals surface area contributed by atoms with Crippen molar-refractivity contribution in [3.63, 3.8) is 0 Å². The van der Waals surface area contributed by atoms with Crippen molar-refractivity contribution in [1.82, 2.24) is 9.55 Å². The van der Waals surface area contributed by atoms with Crippen LogP contribution >= 0.6 is 39.1 Å². The molecular formula is C42H62BrCl2N3O3. The molecular weight excluding hydrogens is 745 g/mol. The standard InChI is InChI=1S/C42H62BrCl2N3O3/c1-10-51-40(49)38-39(37(33-19-22-34(44)23-20-33)46-36-26-35(45)21-18-31(36)8)48(41(43)47-38)32(9)27-50-25-17-15-13-11-12-14-16-24-42(28(2)3,29(4)5)30(6)7/h18-23,26,28-30,32,37,46H,10-17,24-25,27H2,1-9H3/t32-,37?/m0/s1. The average molecular weight is 808 g/mol. The molecule has 2 aromatic carbocycles. The number of rotatable bonds is 22. The Balaban J connectivity index is 1.65. The first-order valence-electron chi connectivity index (χ1n) is 19.0. The highest BCUT2D eigenvalue weighted by atomic mass is 79.9. The number of ether oxygens (including phenoxy) is 2. The van der Waals surface area contributed by atoms with E-state index in [2.05, 4.69) is 69.7 Å². The van der Waals surface area contributed by atoms with Gasteiger partial charge in [0.15, 0.2) is 10.4 Å². The van der Waals surface area contributed by atoms with Crippen LogP contribution in [0, 0.1) is 30.1 Å². The van der Waals surface area contributed by atoms with Gasteiger partial charge in [0.2, 0.25) is 0 Å². The summed E-state index contributed by atoms with van der Waals surface area (Å²) in [5, 5.41) is 4.90. The molecule has 9 heteroatoms. The van der Waals surface area contributed by atoms with Crippen molar-refractivity contribution in [2.24, 2.45) is 23.2 Å². The molecule has 0 saturated heterocycles. The van der Waals surface area contributed by atoms with E-state index in [1.165, 1.54) is 38.5 Å². The predicted molar refractivity (Wildman–Crippen MR) is 218 cm³/mol. The van der Waals surface area contributed by atoms with Crippen molar-refractivity contribution in [3.8, 4) is 0 Å². The first-order chi connectivity index (χ1) is 24.2. The number of halogens is 3. The molecule has 51 heavy (non-hydrogen) atoms. The van der Waals surface area contributed by atoms with E-state index < -0.39 is 12.0 Å². The Kier molecular flexibility index (Phi) is 17.8. The summed E-state index contributed by atoms with van der Waals surface area (Å²) >= 11 is 16.4. The molecule has 1 N–H and O–H groups in total. The summed E-state index contributed by atoms with van der Waals surface area (Å²) in [7, 11) is 0. The van der Waals surface area contributed by atoms with E-state index in [9.17, 15) is 4.79 Å². The number of unbranched alkanes of at least 4 members (excludes halogenated alkanes) is 6. The first kappa shape index (κ1) is 43.3. The van der Waals surface area contributed by atoms with Crippen molar-refractivity contribution >= 4 is 50.8 Å². The lowest BCUT2D eigenvalue weighted by Crippen LogP contribution is -2.38. The van der Waals surface area contributed by atoms with Gasteiger partial charge in [0.05, 0.1) is 31.0 Å². The minimum Gasteiger partial charge on any atom is -0.461 e. The quantitative estimate of drug-likeness (QED) is 0.0809. The molecule has 0 fully saturated rings. The highest BCUT2D eigenvalue weighted by molar-refractivity contribution is 9.10. The summed E-state index contributed by atoms with van der Waals surface area (Å²) in [4.78, 5) is 18.1. The zero-order valence-electron chi connectivity index (χ0n) is 32.5. The normalized spacial score (nSPS) is 13.3. The Morgan fingerprint density at radius 2 is 1.43 bits per heavy atom. The maximum atomic E-state index is 13.4. The van der Waals surface area contributed by atoms with Crippen LogP contribution in [-0.2, 0) is 9.47 Å². The number of nitrogens with one attached hydrogen (secondary N) is 1. The molecule has 284 valence electrons. The topological polar surface area (TPSA) is 65.4 Å². The Morgan fingerprint density at radius 3 is 2.02 bits per heavy atom. The van der Waals surface area contributed by atoms with Gasteiger partial charge in [-0.15, -0.1) is 0 Å². The van der Waals surface area contributed by atoms with Crippen LogP contribution in [-0.4, -0.2) is 35.3 Å². The van der Waals surface area contributed by atoms with Gasteiger partial charge in [-0.1, -0.05) is 121 Å². The summed E-state index contributed by atoms with van der Waals surface area (Å²) in [5.74, 6) is 1.64. The molecule has 0 aliphatic rings. The summed E-state index contributed by atoms with van der Waals surface area (Å²) in [6, 6.07) is 12.7. The second kappa shape index (κ2) is 21.0. The van der Waals surface area contributed by atoms with E-state index in [-0.39, 0.29) is 18.3 Å². The highest BCUT2D eigenvalue weighted by Crippen LogP contribution is 2.47. The van der Waals surface area contributed by atoms with Crippen molar-refractivity contribution in [2.45, 2.75) is 126 Å². The molecule has 0 aliphatic heterocycles. The SMILES string of the molecule is CCOC(=O)c1nc(Br)n([C@@H](C)COCCCCCCCCCC(C(C)C)(C(C)C)C(C)C)c1C(Nc1cc(Cl)ccc1C)c1ccc(Cl)cc1. The molecule has 0 radical (unpaired) electrons. The number of hydrogen-bond donors (Lipinski definition) is 1. The fraction of sp³-hybridized carbons (Fsp3) is 0.619. The van der Waals surface area contributed by atoms with Gasteiger partial charge in [0.1, 0.15) is 0 Å². The molecule has 1 unspecified atom stereocenters. The summed E-state index contributed by atoms with van der Waals surface area (Å²) in [5.41, 5.74) is 4.12. The van der Waals surface area contributed by atoms with Crippen LogP contribution in [0.4, 0.5) is 5.69 Å². The van der Waals surface area contributed by atoms with Crippen LogP contribution < -0.4 is 5.32 Å². The van der Waals surface area contributed by atoms with Crippen molar-refractivity contribution < 1.29 is 14.3 Å². The van der Waals surface area contributed by atoms with Crippen molar-refractivity contribution in [3.05, 3.63) is 79.8 Å². The molecule has 0 aliphatic carbocycles. The smallest absolute Gasteiger partial charge is 0.358 e. The zero-order valence-corrected chi connectivity index (χ0v) is 35.6. The third kappa shape index (κ3) is 11.7. The summed E-state index contributed by atoms with van der Waals surface area (Å²) in [6.07, 6.45) is 9.99. The largest absolute Gasteiger partial charge is 0.461 e. The molecule has 1 aromatic heterocycles. The molecule has 6 nitrogen and oxygen atoms in total. The molecule has 1 heterocycles. The first-order valence-corrected chi connectivity index (χ1v) is 20.6. The van der Waals surface area contributed by atoms with Crippen LogP contribution in [0.25, 0.3) is 0 Å². The second-order valence-corrected chi connectivity index (χ2v) is 16.6. The third-order valence-corrected chi connectivity index (χ3v) is 11.8. The van der Waals surface area contributed by atoms with Gasteiger partial charge in [0, 0.05) is 22.3 Å². The minimum atomic E-state index is -0.484. The Labute approximate surface area is 326 Å². The van der Waals surface area contributed by atoms with E-state index in [1.54, 1.807) is 6.92 Å². The van der Waals surface area contributed by atoms with Gasteiger partial charge in [-0.05, 0) is 108 Å². The zero-order chi connectivity index (χ0) is 37.7. The fourth-order valence-corrected chi connectivity index (χ4v) is 9.06. The van der Waals surface area contributed by atoms with Crippen LogP contribution in [0.2, 0.25) is 10.0 Å². The van der Waals surface area contributed by atoms with Crippen molar-refractivity contribution in [1.29, 1.82) is 0 Å². The number of aryl methyl sites for hydroxylation is 1. The monoisotopic (exact) mass is 805 g/mol. The Bertz CT molecular complexity index is 1480. The maximum Gasteiger partial charge on any atom is 0.358 e. The molecule has 0 amide bonds. The fourth-order valence-electron chi connectivity index (χ4n) is 8.05. The number of anilines is 1. The predicted octanol–water partition coefficient (Wildman–Crippen LogP) is 13.3. The van der Waals surface area contributed by atoms with E-state index in [0.717, 1.165) is 29.7 Å². The van der Waals surface area contributed by atoms with Crippen LogP contribution in [0.15, 0.2) is 47.2 Å². The van der Waals surface area contributed by atoms with Gasteiger partial charge in [-0.2, -0.15) is 0 Å². The molecule has 2 atom stereocenters. The van der Waals surface area contributed by atoms with Crippen LogP contribution in [0.5, 0.6) is 0 Å². The molecule has 0 saturated carbocycles. The third-order valence-electron chi connectivity index (χ3n) is 10.8. The number of esters is 1. The van der Waals surface area contributed by atoms with Crippen LogP contribution in [0.1, 0.15) is 146 Å². The van der Waals surface area contributed by atoms with Gasteiger partial charge >= 0.3 is 5.97 Å². The lowest BCUT2D eigenvalue weighted by Gasteiger charge is -2.45. The van der Waals surface area contributed by atoms with Gasteiger partial charge in [-0.25, -0.2) is 9.78 Å². The lowest BCUT2D eigenvalue weighted by atomic mass is 9.60. The number of nitrogens with zero attached hydrogens (tertiary/aromatic N) is 2. The Hall–Kier alpha value is -2.06.